The molecule has 37 heavy (non-hydrogen) atoms. The first-order chi connectivity index (χ1) is 18.0. The molecule has 1 heterocycles. The lowest BCUT2D eigenvalue weighted by Crippen LogP contribution is -2.19. The molecule has 1 saturated heterocycles. The second-order valence-electron chi connectivity index (χ2n) is 9.65. The van der Waals surface area contributed by atoms with Gasteiger partial charge in [0.1, 0.15) is 5.82 Å². The molecule has 1 aliphatic heterocycles. The molecule has 0 radical (unpaired) electrons. The van der Waals surface area contributed by atoms with Gasteiger partial charge in [-0.3, -0.25) is 0 Å². The highest BCUT2D eigenvalue weighted by atomic mass is 19.2. The third-order valence-corrected chi connectivity index (χ3v) is 6.95. The lowest BCUT2D eigenvalue weighted by atomic mass is 9.93. The molecule has 0 amide bonds. The summed E-state index contributed by atoms with van der Waals surface area (Å²) in [5, 5.41) is 0. The van der Waals surface area contributed by atoms with Crippen molar-refractivity contribution in [3.05, 3.63) is 89.8 Å². The molecule has 0 aliphatic carbocycles. The van der Waals surface area contributed by atoms with Crippen LogP contribution in [0, 0.1) is 23.4 Å². The van der Waals surface area contributed by atoms with E-state index in [-0.39, 0.29) is 23.2 Å². The number of hydrogen-bond acceptors (Lipinski definition) is 2. The van der Waals surface area contributed by atoms with Crippen LogP contribution in [0.1, 0.15) is 64.0 Å². The number of hydrogen-bond donors (Lipinski definition) is 0. The van der Waals surface area contributed by atoms with E-state index in [0.29, 0.717) is 35.8 Å². The second-order valence-corrected chi connectivity index (χ2v) is 9.65. The first kappa shape index (κ1) is 27.0. The highest BCUT2D eigenvalue weighted by Gasteiger charge is 2.22. The van der Waals surface area contributed by atoms with Gasteiger partial charge in [-0.25, -0.2) is 8.78 Å². The Morgan fingerprint density at radius 3 is 2.24 bits per heavy atom. The SMILES string of the molecule is CC=CC1CCC(c2ccc(-c3ccc(-c4ccc(OCCCCCC)c(F)c4F)cc3)c(F)c2)OC1. The molecule has 1 aliphatic rings. The van der Waals surface area contributed by atoms with Crippen LogP contribution >= 0.6 is 0 Å². The summed E-state index contributed by atoms with van der Waals surface area (Å²) in [5.74, 6) is -1.92. The summed E-state index contributed by atoms with van der Waals surface area (Å²) in [6, 6.07) is 15.0. The zero-order valence-corrected chi connectivity index (χ0v) is 21.6. The fraction of sp³-hybridized carbons (Fsp3) is 0.375. The lowest BCUT2D eigenvalue weighted by Gasteiger charge is -2.28. The average Bonchev–Trinajstić information content (AvgIpc) is 2.92. The molecule has 1 fully saturated rings. The standard InChI is InChI=1S/C32H35F3O2/c1-3-5-6-7-19-36-30-18-16-27(31(34)32(30)35)24-12-10-23(11-13-24)26-15-14-25(20-28(26)33)29-17-9-22(8-4-2)21-37-29/h4,8,10-16,18,20,22,29H,3,5-7,9,17,19,21H2,1-2H3. The van der Waals surface area contributed by atoms with E-state index in [1.54, 1.807) is 36.4 Å². The van der Waals surface area contributed by atoms with Crippen LogP contribution in [0.15, 0.2) is 66.7 Å². The van der Waals surface area contributed by atoms with E-state index in [2.05, 4.69) is 13.0 Å². The summed E-state index contributed by atoms with van der Waals surface area (Å²) in [5.41, 5.74) is 2.61. The van der Waals surface area contributed by atoms with Gasteiger partial charge >= 0.3 is 0 Å². The molecule has 0 N–H and O–H groups in total. The van der Waals surface area contributed by atoms with Crippen molar-refractivity contribution in [3.8, 4) is 28.0 Å². The summed E-state index contributed by atoms with van der Waals surface area (Å²) in [7, 11) is 0. The van der Waals surface area contributed by atoms with Crippen molar-refractivity contribution in [2.24, 2.45) is 5.92 Å². The Morgan fingerprint density at radius 1 is 0.865 bits per heavy atom. The molecule has 3 aromatic rings. The minimum Gasteiger partial charge on any atom is -0.490 e. The van der Waals surface area contributed by atoms with Crippen LogP contribution in [-0.4, -0.2) is 13.2 Å². The summed E-state index contributed by atoms with van der Waals surface area (Å²) >= 11 is 0. The molecular formula is C32H35F3O2. The van der Waals surface area contributed by atoms with E-state index in [9.17, 15) is 8.78 Å². The number of allylic oxidation sites excluding steroid dienone is 1. The Hall–Kier alpha value is -3.05. The van der Waals surface area contributed by atoms with Crippen molar-refractivity contribution < 1.29 is 22.6 Å². The lowest BCUT2D eigenvalue weighted by molar-refractivity contribution is -0.00538. The fourth-order valence-corrected chi connectivity index (χ4v) is 4.83. The van der Waals surface area contributed by atoms with Gasteiger partial charge in [-0.05, 0) is 61.1 Å². The predicted octanol–water partition coefficient (Wildman–Crippen LogP) is 9.44. The largest absolute Gasteiger partial charge is 0.490 e. The molecule has 0 bridgehead atoms. The highest BCUT2D eigenvalue weighted by Crippen LogP contribution is 2.35. The topological polar surface area (TPSA) is 18.5 Å². The Morgan fingerprint density at radius 2 is 1.59 bits per heavy atom. The minimum atomic E-state index is -0.985. The number of unbranched alkanes of at least 4 members (excludes halogenated alkanes) is 3. The van der Waals surface area contributed by atoms with Crippen molar-refractivity contribution in [3.63, 3.8) is 0 Å². The van der Waals surface area contributed by atoms with Crippen LogP contribution in [-0.2, 0) is 4.74 Å². The van der Waals surface area contributed by atoms with Gasteiger partial charge in [0.2, 0.25) is 5.82 Å². The molecule has 196 valence electrons. The summed E-state index contributed by atoms with van der Waals surface area (Å²) < 4.78 is 55.9. The van der Waals surface area contributed by atoms with Gasteiger partial charge in [-0.15, -0.1) is 0 Å². The van der Waals surface area contributed by atoms with Gasteiger partial charge in [-0.1, -0.05) is 74.7 Å². The molecule has 0 spiro atoms. The van der Waals surface area contributed by atoms with Crippen LogP contribution in [0.4, 0.5) is 13.2 Å². The molecule has 5 heteroatoms. The fourth-order valence-electron chi connectivity index (χ4n) is 4.83. The Kier molecular flexibility index (Phi) is 9.45. The number of halogens is 3. The van der Waals surface area contributed by atoms with E-state index >= 15 is 4.39 Å². The zero-order valence-electron chi connectivity index (χ0n) is 21.6. The van der Waals surface area contributed by atoms with Crippen LogP contribution < -0.4 is 4.74 Å². The quantitative estimate of drug-likeness (QED) is 0.201. The molecule has 4 rings (SSSR count). The van der Waals surface area contributed by atoms with E-state index in [4.69, 9.17) is 9.47 Å². The van der Waals surface area contributed by atoms with E-state index in [1.165, 1.54) is 12.1 Å². The van der Waals surface area contributed by atoms with Gasteiger partial charge in [0.25, 0.3) is 0 Å². The average molecular weight is 509 g/mol. The van der Waals surface area contributed by atoms with Crippen LogP contribution in [0.5, 0.6) is 5.75 Å². The van der Waals surface area contributed by atoms with Crippen molar-refractivity contribution in [1.82, 2.24) is 0 Å². The van der Waals surface area contributed by atoms with Gasteiger partial charge in [0, 0.05) is 17.0 Å². The zero-order chi connectivity index (χ0) is 26.2. The van der Waals surface area contributed by atoms with Crippen molar-refractivity contribution in [1.29, 1.82) is 0 Å². The number of benzene rings is 3. The third kappa shape index (κ3) is 6.64. The summed E-state index contributed by atoms with van der Waals surface area (Å²) in [4.78, 5) is 0. The molecule has 2 unspecified atom stereocenters. The smallest absolute Gasteiger partial charge is 0.201 e. The Balaban J connectivity index is 1.44. The van der Waals surface area contributed by atoms with Gasteiger partial charge in [0.15, 0.2) is 11.6 Å². The Labute approximate surface area is 218 Å². The summed E-state index contributed by atoms with van der Waals surface area (Å²) in [6.07, 6.45) is 9.96. The van der Waals surface area contributed by atoms with E-state index in [1.807, 2.05) is 19.1 Å². The van der Waals surface area contributed by atoms with Crippen molar-refractivity contribution >= 4 is 0 Å². The number of ether oxygens (including phenoxy) is 2. The van der Waals surface area contributed by atoms with Crippen LogP contribution in [0.25, 0.3) is 22.3 Å². The maximum Gasteiger partial charge on any atom is 0.201 e. The third-order valence-electron chi connectivity index (χ3n) is 6.95. The molecule has 2 atom stereocenters. The normalized spacial score (nSPS) is 17.9. The van der Waals surface area contributed by atoms with Gasteiger partial charge in [-0.2, -0.15) is 4.39 Å². The first-order valence-corrected chi connectivity index (χ1v) is 13.3. The van der Waals surface area contributed by atoms with E-state index < -0.39 is 11.6 Å². The van der Waals surface area contributed by atoms with Crippen LogP contribution in [0.3, 0.4) is 0 Å². The minimum absolute atomic E-state index is 0.0733. The monoisotopic (exact) mass is 508 g/mol. The maximum atomic E-state index is 15.1. The Bertz CT molecular complexity index is 1200. The molecule has 0 saturated carbocycles. The first-order valence-electron chi connectivity index (χ1n) is 13.3. The highest BCUT2D eigenvalue weighted by molar-refractivity contribution is 5.71. The number of rotatable bonds is 10. The molecular weight excluding hydrogens is 473 g/mol. The second kappa shape index (κ2) is 13.0. The van der Waals surface area contributed by atoms with Crippen LogP contribution in [0.2, 0.25) is 0 Å². The predicted molar refractivity (Wildman–Crippen MR) is 143 cm³/mol. The van der Waals surface area contributed by atoms with Gasteiger partial charge in [0.05, 0.1) is 19.3 Å². The van der Waals surface area contributed by atoms with Gasteiger partial charge < -0.3 is 9.47 Å². The van der Waals surface area contributed by atoms with Crippen molar-refractivity contribution in [2.75, 3.05) is 13.2 Å². The molecule has 0 aromatic heterocycles. The van der Waals surface area contributed by atoms with Crippen molar-refractivity contribution in [2.45, 2.75) is 58.5 Å². The molecule has 3 aromatic carbocycles. The summed E-state index contributed by atoms with van der Waals surface area (Å²) in [6.45, 7) is 5.12. The van der Waals surface area contributed by atoms with E-state index in [0.717, 1.165) is 44.1 Å². The maximum absolute atomic E-state index is 15.1. The molecule has 2 nitrogen and oxygen atoms in total.